The number of carbonyl (C=O) groups is 1. The van der Waals surface area contributed by atoms with Gasteiger partial charge in [0.25, 0.3) is 0 Å². The number of nitrogens with zero attached hydrogens (tertiary/aromatic N) is 1. The summed E-state index contributed by atoms with van der Waals surface area (Å²) in [5, 5.41) is 1.20. The van der Waals surface area contributed by atoms with Crippen LogP contribution in [0.25, 0.3) is 10.9 Å². The number of carbonyl (C=O) groups excluding carboxylic acids is 1. The standard InChI is InChI=1S/C15H19NO/c1-11-9-12-7-5-6-8-13(12)16(11)10-14(17)15(2,3)4/h5-9H,10H2,1-4H3. The summed E-state index contributed by atoms with van der Waals surface area (Å²) < 4.78 is 2.10. The molecule has 0 atom stereocenters. The summed E-state index contributed by atoms with van der Waals surface area (Å²) in [4.78, 5) is 12.1. The SMILES string of the molecule is Cc1cc2ccccc2n1CC(=O)C(C)(C)C. The van der Waals surface area contributed by atoms with Gasteiger partial charge in [0.1, 0.15) is 0 Å². The minimum absolute atomic E-state index is 0.266. The Morgan fingerprint density at radius 3 is 2.53 bits per heavy atom. The summed E-state index contributed by atoms with van der Waals surface area (Å²) in [6, 6.07) is 10.3. The monoisotopic (exact) mass is 229 g/mol. The molecule has 0 unspecified atom stereocenters. The largest absolute Gasteiger partial charge is 0.337 e. The van der Waals surface area contributed by atoms with Gasteiger partial charge in [0.2, 0.25) is 0 Å². The minimum atomic E-state index is -0.280. The van der Waals surface area contributed by atoms with Gasteiger partial charge in [0, 0.05) is 16.6 Å². The van der Waals surface area contributed by atoms with Gasteiger partial charge in [-0.1, -0.05) is 39.0 Å². The van der Waals surface area contributed by atoms with E-state index in [0.717, 1.165) is 11.2 Å². The molecule has 0 aliphatic heterocycles. The number of Topliss-reactive ketones (excluding diaryl/α,β-unsaturated/α-hetero) is 1. The Balaban J connectivity index is 2.42. The van der Waals surface area contributed by atoms with E-state index in [1.165, 1.54) is 5.39 Å². The number of ketones is 1. The van der Waals surface area contributed by atoms with Crippen LogP contribution < -0.4 is 0 Å². The maximum absolute atomic E-state index is 12.1. The van der Waals surface area contributed by atoms with E-state index in [4.69, 9.17) is 0 Å². The highest BCUT2D eigenvalue weighted by Gasteiger charge is 2.22. The fourth-order valence-electron chi connectivity index (χ4n) is 1.94. The molecule has 0 N–H and O–H groups in total. The smallest absolute Gasteiger partial charge is 0.157 e. The summed E-state index contributed by atoms with van der Waals surface area (Å²) in [7, 11) is 0. The first kappa shape index (κ1) is 11.9. The van der Waals surface area contributed by atoms with Gasteiger partial charge < -0.3 is 4.57 Å². The molecule has 1 aromatic carbocycles. The van der Waals surface area contributed by atoms with Gasteiger partial charge in [-0.2, -0.15) is 0 Å². The Morgan fingerprint density at radius 1 is 1.24 bits per heavy atom. The summed E-state index contributed by atoms with van der Waals surface area (Å²) >= 11 is 0. The second-order valence-electron chi connectivity index (χ2n) is 5.60. The summed E-state index contributed by atoms with van der Waals surface area (Å²) in [6.45, 7) is 8.42. The van der Waals surface area contributed by atoms with Gasteiger partial charge in [0.15, 0.2) is 5.78 Å². The molecule has 90 valence electrons. The molecule has 0 saturated heterocycles. The van der Waals surface area contributed by atoms with E-state index in [9.17, 15) is 4.79 Å². The first-order chi connectivity index (χ1) is 7.89. The molecule has 0 spiro atoms. The van der Waals surface area contributed by atoms with E-state index in [-0.39, 0.29) is 11.2 Å². The quantitative estimate of drug-likeness (QED) is 0.771. The predicted molar refractivity (Wildman–Crippen MR) is 71.1 cm³/mol. The van der Waals surface area contributed by atoms with E-state index in [1.807, 2.05) is 32.9 Å². The molecule has 0 amide bonds. The first-order valence-electron chi connectivity index (χ1n) is 5.98. The molecule has 0 saturated carbocycles. The van der Waals surface area contributed by atoms with Crippen molar-refractivity contribution in [3.8, 4) is 0 Å². The lowest BCUT2D eigenvalue weighted by atomic mass is 9.91. The second-order valence-corrected chi connectivity index (χ2v) is 5.60. The van der Waals surface area contributed by atoms with Gasteiger partial charge >= 0.3 is 0 Å². The molecular weight excluding hydrogens is 210 g/mol. The molecule has 0 bridgehead atoms. The average Bonchev–Trinajstić information content (AvgIpc) is 2.54. The number of hydrogen-bond acceptors (Lipinski definition) is 1. The first-order valence-corrected chi connectivity index (χ1v) is 5.98. The molecular formula is C15H19NO. The van der Waals surface area contributed by atoms with Crippen molar-refractivity contribution in [2.45, 2.75) is 34.2 Å². The van der Waals surface area contributed by atoms with Crippen molar-refractivity contribution in [3.05, 3.63) is 36.0 Å². The van der Waals surface area contributed by atoms with Crippen LogP contribution in [-0.2, 0) is 11.3 Å². The maximum atomic E-state index is 12.1. The number of hydrogen-bond donors (Lipinski definition) is 0. The lowest BCUT2D eigenvalue weighted by Gasteiger charge is -2.18. The van der Waals surface area contributed by atoms with Gasteiger partial charge in [-0.25, -0.2) is 0 Å². The molecule has 0 aliphatic carbocycles. The number of benzene rings is 1. The van der Waals surface area contributed by atoms with E-state index >= 15 is 0 Å². The molecule has 2 nitrogen and oxygen atoms in total. The van der Waals surface area contributed by atoms with Crippen molar-refractivity contribution in [1.29, 1.82) is 0 Å². The molecule has 2 heteroatoms. The lowest BCUT2D eigenvalue weighted by molar-refractivity contribution is -0.126. The van der Waals surface area contributed by atoms with E-state index in [0.29, 0.717) is 6.54 Å². The zero-order valence-corrected chi connectivity index (χ0v) is 10.9. The molecule has 0 fully saturated rings. The van der Waals surface area contributed by atoms with E-state index in [1.54, 1.807) is 0 Å². The Labute approximate surface area is 102 Å². The third-order valence-corrected chi connectivity index (χ3v) is 3.16. The summed E-state index contributed by atoms with van der Waals surface area (Å²) in [5.41, 5.74) is 2.00. The second kappa shape index (κ2) is 4.02. The van der Waals surface area contributed by atoms with E-state index < -0.39 is 0 Å². The van der Waals surface area contributed by atoms with Gasteiger partial charge in [-0.3, -0.25) is 4.79 Å². The summed E-state index contributed by atoms with van der Waals surface area (Å²) in [6.07, 6.45) is 0. The fraction of sp³-hybridized carbons (Fsp3) is 0.400. The Bertz CT molecular complexity index is 558. The molecule has 2 aromatic rings. The van der Waals surface area contributed by atoms with Crippen LogP contribution in [0.3, 0.4) is 0 Å². The van der Waals surface area contributed by atoms with Crippen LogP contribution >= 0.6 is 0 Å². The van der Waals surface area contributed by atoms with Crippen LogP contribution in [0.15, 0.2) is 30.3 Å². The number of fused-ring (bicyclic) bond motifs is 1. The number of aryl methyl sites for hydroxylation is 1. The van der Waals surface area contributed by atoms with Crippen LogP contribution in [-0.4, -0.2) is 10.4 Å². The number of para-hydroxylation sites is 1. The van der Waals surface area contributed by atoms with Crippen molar-refractivity contribution in [2.24, 2.45) is 5.41 Å². The predicted octanol–water partition coefficient (Wildman–Crippen LogP) is 3.56. The molecule has 1 aromatic heterocycles. The number of aromatic nitrogens is 1. The van der Waals surface area contributed by atoms with Crippen molar-refractivity contribution in [2.75, 3.05) is 0 Å². The van der Waals surface area contributed by atoms with E-state index in [2.05, 4.69) is 29.7 Å². The molecule has 17 heavy (non-hydrogen) atoms. The lowest BCUT2D eigenvalue weighted by Crippen LogP contribution is -2.25. The normalized spacial score (nSPS) is 12.0. The van der Waals surface area contributed by atoms with Crippen LogP contribution in [0.2, 0.25) is 0 Å². The van der Waals surface area contributed by atoms with Crippen LogP contribution in [0.5, 0.6) is 0 Å². The Hall–Kier alpha value is -1.57. The van der Waals surface area contributed by atoms with Crippen molar-refractivity contribution < 1.29 is 4.79 Å². The van der Waals surface area contributed by atoms with Gasteiger partial charge in [-0.15, -0.1) is 0 Å². The zero-order chi connectivity index (χ0) is 12.6. The zero-order valence-electron chi connectivity index (χ0n) is 10.9. The highest BCUT2D eigenvalue weighted by molar-refractivity contribution is 5.87. The molecule has 2 rings (SSSR count). The maximum Gasteiger partial charge on any atom is 0.157 e. The van der Waals surface area contributed by atoms with Gasteiger partial charge in [-0.05, 0) is 24.4 Å². The highest BCUT2D eigenvalue weighted by Crippen LogP contribution is 2.22. The van der Waals surface area contributed by atoms with Crippen molar-refractivity contribution in [1.82, 2.24) is 4.57 Å². The van der Waals surface area contributed by atoms with Crippen molar-refractivity contribution in [3.63, 3.8) is 0 Å². The van der Waals surface area contributed by atoms with Crippen LogP contribution in [0.1, 0.15) is 26.5 Å². The third kappa shape index (κ3) is 2.26. The minimum Gasteiger partial charge on any atom is -0.337 e. The highest BCUT2D eigenvalue weighted by atomic mass is 16.1. The third-order valence-electron chi connectivity index (χ3n) is 3.16. The summed E-state index contributed by atoms with van der Waals surface area (Å²) in [5.74, 6) is 0.266. The molecule has 0 radical (unpaired) electrons. The van der Waals surface area contributed by atoms with Gasteiger partial charge in [0.05, 0.1) is 6.54 Å². The Morgan fingerprint density at radius 2 is 1.88 bits per heavy atom. The van der Waals surface area contributed by atoms with Crippen LogP contribution in [0.4, 0.5) is 0 Å². The Kier molecular flexibility index (Phi) is 2.82. The fourth-order valence-corrected chi connectivity index (χ4v) is 1.94. The molecule has 1 heterocycles. The van der Waals surface area contributed by atoms with Crippen LogP contribution in [0, 0.1) is 12.3 Å². The van der Waals surface area contributed by atoms with Crippen molar-refractivity contribution >= 4 is 16.7 Å². The number of rotatable bonds is 2. The molecule has 0 aliphatic rings. The topological polar surface area (TPSA) is 22.0 Å². The average molecular weight is 229 g/mol.